The van der Waals surface area contributed by atoms with Crippen LogP contribution < -0.4 is 9.47 Å². The van der Waals surface area contributed by atoms with Gasteiger partial charge >= 0.3 is 0 Å². The lowest BCUT2D eigenvalue weighted by atomic mass is 10.1. The van der Waals surface area contributed by atoms with Crippen LogP contribution in [0, 0.1) is 0 Å². The first-order valence-corrected chi connectivity index (χ1v) is 15.4. The van der Waals surface area contributed by atoms with Crippen LogP contribution in [-0.4, -0.2) is 36.6 Å². The quantitative estimate of drug-likeness (QED) is 0.111. The average molecular weight is 507 g/mol. The van der Waals surface area contributed by atoms with E-state index in [1.54, 1.807) is 0 Å². The van der Waals surface area contributed by atoms with Crippen molar-refractivity contribution < 1.29 is 19.7 Å². The van der Waals surface area contributed by atoms with Gasteiger partial charge in [0.25, 0.3) is 0 Å². The minimum Gasteiger partial charge on any atom is -0.490 e. The molecule has 2 N–H and O–H groups in total. The molecule has 1 aromatic rings. The van der Waals surface area contributed by atoms with Gasteiger partial charge in [0.15, 0.2) is 11.5 Å². The number of benzene rings is 1. The molecule has 0 amide bonds. The highest BCUT2D eigenvalue weighted by atomic mass is 16.5. The lowest BCUT2D eigenvalue weighted by Crippen LogP contribution is -2.02. The lowest BCUT2D eigenvalue weighted by Gasteiger charge is -2.12. The monoisotopic (exact) mass is 506 g/mol. The molecule has 210 valence electrons. The third kappa shape index (κ3) is 20.9. The van der Waals surface area contributed by atoms with E-state index >= 15 is 0 Å². The summed E-state index contributed by atoms with van der Waals surface area (Å²) < 4.78 is 12.1. The SMILES string of the molecule is OCCCCCCCCCCCCCOc1ccccc1OCCCCCCCCCCCCCO. The van der Waals surface area contributed by atoms with Crippen molar-refractivity contribution in [3.63, 3.8) is 0 Å². The molecule has 0 heterocycles. The van der Waals surface area contributed by atoms with Gasteiger partial charge in [-0.05, 0) is 37.8 Å². The van der Waals surface area contributed by atoms with Crippen molar-refractivity contribution in [2.45, 2.75) is 141 Å². The second-order valence-corrected chi connectivity index (χ2v) is 10.4. The first kappa shape index (κ1) is 32.8. The zero-order chi connectivity index (χ0) is 25.8. The fourth-order valence-electron chi connectivity index (χ4n) is 4.66. The largest absolute Gasteiger partial charge is 0.490 e. The van der Waals surface area contributed by atoms with Crippen LogP contribution in [0.2, 0.25) is 0 Å². The zero-order valence-electron chi connectivity index (χ0n) is 23.4. The van der Waals surface area contributed by atoms with Crippen LogP contribution in [0.1, 0.15) is 141 Å². The van der Waals surface area contributed by atoms with Gasteiger partial charge in [0.1, 0.15) is 0 Å². The van der Waals surface area contributed by atoms with Gasteiger partial charge in [-0.3, -0.25) is 0 Å². The van der Waals surface area contributed by atoms with Gasteiger partial charge in [0.05, 0.1) is 13.2 Å². The predicted molar refractivity (Wildman–Crippen MR) is 153 cm³/mol. The molecule has 0 saturated heterocycles. The first-order chi connectivity index (χ1) is 17.9. The van der Waals surface area contributed by atoms with E-state index in [1.807, 2.05) is 24.3 Å². The molecule has 0 aliphatic heterocycles. The summed E-state index contributed by atoms with van der Waals surface area (Å²) in [4.78, 5) is 0. The summed E-state index contributed by atoms with van der Waals surface area (Å²) in [6, 6.07) is 8.11. The van der Waals surface area contributed by atoms with E-state index in [0.29, 0.717) is 13.2 Å². The summed E-state index contributed by atoms with van der Waals surface area (Å²) in [5, 5.41) is 17.6. The standard InChI is InChI=1S/C32H58O4/c33-27-21-15-11-7-3-1-5-9-13-17-23-29-35-31-25-19-20-26-32(31)36-30-24-18-14-10-6-2-4-8-12-16-22-28-34/h19-20,25-26,33-34H,1-18,21-24,27-30H2. The number of hydrogen-bond donors (Lipinski definition) is 2. The molecule has 0 saturated carbocycles. The summed E-state index contributed by atoms with van der Waals surface area (Å²) in [5.74, 6) is 1.77. The molecule has 0 atom stereocenters. The lowest BCUT2D eigenvalue weighted by molar-refractivity contribution is 0.258. The minimum atomic E-state index is 0.345. The second kappa shape index (κ2) is 26.8. The van der Waals surface area contributed by atoms with E-state index in [9.17, 15) is 0 Å². The molecule has 0 aliphatic rings. The van der Waals surface area contributed by atoms with E-state index in [4.69, 9.17) is 19.7 Å². The molecule has 0 aliphatic carbocycles. The molecule has 1 rings (SSSR count). The Hall–Kier alpha value is -1.26. The number of hydrogen-bond acceptors (Lipinski definition) is 4. The molecule has 0 fully saturated rings. The van der Waals surface area contributed by atoms with Crippen molar-refractivity contribution in [1.82, 2.24) is 0 Å². The Morgan fingerprint density at radius 3 is 0.889 bits per heavy atom. The van der Waals surface area contributed by atoms with Crippen LogP contribution in [0.15, 0.2) is 24.3 Å². The van der Waals surface area contributed by atoms with E-state index in [2.05, 4.69) is 0 Å². The van der Waals surface area contributed by atoms with Crippen LogP contribution in [-0.2, 0) is 0 Å². The van der Waals surface area contributed by atoms with Crippen LogP contribution in [0.4, 0.5) is 0 Å². The normalized spacial score (nSPS) is 11.2. The van der Waals surface area contributed by atoms with Crippen molar-refractivity contribution in [2.24, 2.45) is 0 Å². The Balaban J connectivity index is 1.94. The molecule has 0 aromatic heterocycles. The Labute approximate surface area is 223 Å². The van der Waals surface area contributed by atoms with Crippen molar-refractivity contribution in [3.8, 4) is 11.5 Å². The van der Waals surface area contributed by atoms with Crippen LogP contribution >= 0.6 is 0 Å². The fourth-order valence-corrected chi connectivity index (χ4v) is 4.66. The summed E-state index contributed by atoms with van der Waals surface area (Å²) in [6.45, 7) is 2.23. The van der Waals surface area contributed by atoms with E-state index in [0.717, 1.165) is 50.4 Å². The summed E-state index contributed by atoms with van der Waals surface area (Å²) in [6.07, 6.45) is 27.6. The smallest absolute Gasteiger partial charge is 0.161 e. The molecule has 0 spiro atoms. The third-order valence-electron chi connectivity index (χ3n) is 6.97. The van der Waals surface area contributed by atoms with Crippen LogP contribution in [0.25, 0.3) is 0 Å². The maximum Gasteiger partial charge on any atom is 0.161 e. The molecular formula is C32H58O4. The van der Waals surface area contributed by atoms with Gasteiger partial charge in [-0.2, -0.15) is 0 Å². The van der Waals surface area contributed by atoms with Gasteiger partial charge in [0, 0.05) is 13.2 Å². The van der Waals surface area contributed by atoms with Crippen molar-refractivity contribution in [1.29, 1.82) is 0 Å². The van der Waals surface area contributed by atoms with Gasteiger partial charge in [-0.15, -0.1) is 0 Å². The van der Waals surface area contributed by atoms with E-state index in [-0.39, 0.29) is 0 Å². The van der Waals surface area contributed by atoms with Gasteiger partial charge in [0.2, 0.25) is 0 Å². The average Bonchev–Trinajstić information content (AvgIpc) is 2.90. The number of para-hydroxylation sites is 2. The molecular weight excluding hydrogens is 448 g/mol. The number of ether oxygens (including phenoxy) is 2. The highest BCUT2D eigenvalue weighted by Crippen LogP contribution is 2.27. The van der Waals surface area contributed by atoms with E-state index in [1.165, 1.54) is 116 Å². The Morgan fingerprint density at radius 2 is 0.611 bits per heavy atom. The second-order valence-electron chi connectivity index (χ2n) is 10.4. The number of rotatable bonds is 28. The molecule has 0 radical (unpaired) electrons. The molecule has 4 heteroatoms. The fraction of sp³-hybridized carbons (Fsp3) is 0.812. The minimum absolute atomic E-state index is 0.345. The maximum atomic E-state index is 8.79. The predicted octanol–water partition coefficient (Wildman–Crippen LogP) is 9.01. The summed E-state index contributed by atoms with van der Waals surface area (Å²) >= 11 is 0. The Morgan fingerprint density at radius 1 is 0.361 bits per heavy atom. The van der Waals surface area contributed by atoms with E-state index < -0.39 is 0 Å². The zero-order valence-corrected chi connectivity index (χ0v) is 23.4. The van der Waals surface area contributed by atoms with Crippen LogP contribution in [0.3, 0.4) is 0 Å². The number of unbranched alkanes of at least 4 members (excludes halogenated alkanes) is 20. The molecule has 0 bridgehead atoms. The van der Waals surface area contributed by atoms with Gasteiger partial charge in [-0.25, -0.2) is 0 Å². The Kier molecular flexibility index (Phi) is 24.4. The van der Waals surface area contributed by atoms with Crippen LogP contribution in [0.5, 0.6) is 11.5 Å². The maximum absolute atomic E-state index is 8.79. The van der Waals surface area contributed by atoms with Gasteiger partial charge < -0.3 is 19.7 Å². The number of aliphatic hydroxyl groups excluding tert-OH is 2. The molecule has 4 nitrogen and oxygen atoms in total. The number of aliphatic hydroxyl groups is 2. The highest BCUT2D eigenvalue weighted by Gasteiger charge is 2.04. The van der Waals surface area contributed by atoms with Crippen molar-refractivity contribution in [3.05, 3.63) is 24.3 Å². The van der Waals surface area contributed by atoms with Crippen molar-refractivity contribution in [2.75, 3.05) is 26.4 Å². The molecule has 1 aromatic carbocycles. The van der Waals surface area contributed by atoms with Crippen molar-refractivity contribution >= 4 is 0 Å². The molecule has 36 heavy (non-hydrogen) atoms. The Bertz CT molecular complexity index is 514. The summed E-state index contributed by atoms with van der Waals surface area (Å²) in [7, 11) is 0. The van der Waals surface area contributed by atoms with Gasteiger partial charge in [-0.1, -0.05) is 128 Å². The highest BCUT2D eigenvalue weighted by molar-refractivity contribution is 5.39. The first-order valence-electron chi connectivity index (χ1n) is 15.4. The third-order valence-corrected chi connectivity index (χ3v) is 6.97. The molecule has 0 unspecified atom stereocenters. The topological polar surface area (TPSA) is 58.9 Å². The summed E-state index contributed by atoms with van der Waals surface area (Å²) in [5.41, 5.74) is 0.